The molecule has 3 heteroatoms. The average Bonchev–Trinajstić information content (AvgIpc) is 3.30. The number of ether oxygens (including phenoxy) is 1. The summed E-state index contributed by atoms with van der Waals surface area (Å²) in [7, 11) is 2.07. The fourth-order valence-corrected chi connectivity index (χ4v) is 10.1. The number of fused-ring (bicyclic) bond motifs is 5. The van der Waals surface area contributed by atoms with Crippen LogP contribution in [0.3, 0.4) is 0 Å². The molecule has 4 fully saturated rings. The molecule has 1 unspecified atom stereocenters. The van der Waals surface area contributed by atoms with Gasteiger partial charge in [0, 0.05) is 19.5 Å². The lowest BCUT2D eigenvalue weighted by Crippen LogP contribution is -2.61. The number of hydrogen-bond acceptors (Lipinski definition) is 2. The van der Waals surface area contributed by atoms with Crippen LogP contribution in [0.15, 0.2) is 60.7 Å². The quantitative estimate of drug-likeness (QED) is 0.393. The summed E-state index contributed by atoms with van der Waals surface area (Å²) in [6.45, 7) is 8.44. The summed E-state index contributed by atoms with van der Waals surface area (Å²) < 4.78 is 6.79. The van der Waals surface area contributed by atoms with Gasteiger partial charge >= 0.3 is 0 Å². The summed E-state index contributed by atoms with van der Waals surface area (Å²) in [4.78, 5) is 14.6. The molecule has 0 aromatic heterocycles. The van der Waals surface area contributed by atoms with Crippen LogP contribution in [0.25, 0.3) is 0 Å². The van der Waals surface area contributed by atoms with Crippen LogP contribution in [-0.2, 0) is 9.53 Å². The Kier molecular flexibility index (Phi) is 6.95. The molecule has 2 aromatic carbocycles. The molecule has 204 valence electrons. The van der Waals surface area contributed by atoms with E-state index >= 15 is 0 Å². The van der Waals surface area contributed by atoms with E-state index in [-0.39, 0.29) is 6.10 Å². The molecular formula is C35H47NO2. The van der Waals surface area contributed by atoms with Crippen LogP contribution >= 0.6 is 0 Å². The fraction of sp³-hybridized carbons (Fsp3) is 0.629. The van der Waals surface area contributed by atoms with Gasteiger partial charge in [0.25, 0.3) is 0 Å². The number of amides is 1. The third kappa shape index (κ3) is 4.24. The zero-order chi connectivity index (χ0) is 26.5. The van der Waals surface area contributed by atoms with Gasteiger partial charge in [0.1, 0.15) is 6.10 Å². The second-order valence-electron chi connectivity index (χ2n) is 13.7. The first-order chi connectivity index (χ1) is 18.3. The number of benzene rings is 2. The van der Waals surface area contributed by atoms with E-state index in [1.54, 1.807) is 0 Å². The lowest BCUT2D eigenvalue weighted by Gasteiger charge is -2.62. The largest absolute Gasteiger partial charge is 0.369 e. The molecule has 1 saturated heterocycles. The van der Waals surface area contributed by atoms with E-state index < -0.39 is 0 Å². The second kappa shape index (κ2) is 10.1. The van der Waals surface area contributed by atoms with E-state index in [0.29, 0.717) is 28.7 Å². The summed E-state index contributed by atoms with van der Waals surface area (Å²) in [6.07, 6.45) is 9.74. The van der Waals surface area contributed by atoms with E-state index in [9.17, 15) is 4.79 Å². The molecular weight excluding hydrogens is 466 g/mol. The third-order valence-corrected chi connectivity index (χ3v) is 12.0. The highest BCUT2D eigenvalue weighted by atomic mass is 16.5. The maximum atomic E-state index is 12.5. The number of nitrogens with zero attached hydrogens (tertiary/aromatic N) is 1. The van der Waals surface area contributed by atoms with E-state index in [1.807, 2.05) is 0 Å². The second-order valence-corrected chi connectivity index (χ2v) is 13.7. The Bertz CT molecular complexity index is 1080. The molecule has 0 spiro atoms. The Hall–Kier alpha value is -2.13. The van der Waals surface area contributed by atoms with Crippen molar-refractivity contribution >= 4 is 5.91 Å². The predicted octanol–water partition coefficient (Wildman–Crippen LogP) is 7.91. The van der Waals surface area contributed by atoms with Gasteiger partial charge in [-0.15, -0.1) is 0 Å². The van der Waals surface area contributed by atoms with Gasteiger partial charge in [-0.05, 0) is 96.5 Å². The topological polar surface area (TPSA) is 29.5 Å². The Balaban J connectivity index is 1.17. The Morgan fingerprint density at radius 2 is 1.47 bits per heavy atom. The number of hydrogen-bond donors (Lipinski definition) is 0. The van der Waals surface area contributed by atoms with Gasteiger partial charge in [-0.3, -0.25) is 4.79 Å². The monoisotopic (exact) mass is 513 g/mol. The van der Waals surface area contributed by atoms with E-state index in [1.165, 1.54) is 49.7 Å². The molecule has 4 aliphatic rings. The fourth-order valence-electron chi connectivity index (χ4n) is 10.1. The molecule has 6 rings (SSSR count). The van der Waals surface area contributed by atoms with E-state index in [4.69, 9.17) is 4.74 Å². The van der Waals surface area contributed by atoms with Gasteiger partial charge in [0.2, 0.25) is 5.91 Å². The Morgan fingerprint density at radius 3 is 2.13 bits per heavy atom. The van der Waals surface area contributed by atoms with Crippen LogP contribution in [0.1, 0.15) is 89.4 Å². The minimum atomic E-state index is -0.0122. The third-order valence-electron chi connectivity index (χ3n) is 12.0. The summed E-state index contributed by atoms with van der Waals surface area (Å²) in [5.41, 5.74) is 3.20. The summed E-state index contributed by atoms with van der Waals surface area (Å²) in [5, 5.41) is 0. The van der Waals surface area contributed by atoms with E-state index in [0.717, 1.165) is 43.1 Å². The van der Waals surface area contributed by atoms with Gasteiger partial charge in [-0.1, -0.05) is 81.4 Å². The average molecular weight is 514 g/mol. The van der Waals surface area contributed by atoms with Crippen molar-refractivity contribution in [2.45, 2.75) is 84.3 Å². The van der Waals surface area contributed by atoms with Crippen molar-refractivity contribution in [3.63, 3.8) is 0 Å². The highest BCUT2D eigenvalue weighted by molar-refractivity contribution is 5.77. The first-order valence-corrected chi connectivity index (χ1v) is 15.3. The normalized spacial score (nSPS) is 37.4. The maximum absolute atomic E-state index is 12.5. The summed E-state index contributed by atoms with van der Waals surface area (Å²) >= 11 is 0. The standard InChI is InChI=1S/C35H47NO2/c1-24(23-38-33(25-11-7-5-8-12-25)26-13-9-6-10-14-26)28-16-17-29-27-15-18-31-35(3,22-20-32(37)36(31)4)30(27)19-21-34(28,29)2/h5-14,24,27-31,33H,15-23H2,1-4H3/t24?,27-,28+,29-,30-,31+,34+,35+/m0/s1. The lowest BCUT2D eigenvalue weighted by atomic mass is 9.46. The van der Waals surface area contributed by atoms with E-state index in [2.05, 4.69) is 93.4 Å². The number of likely N-dealkylation sites (tertiary alicyclic amines) is 1. The predicted molar refractivity (Wildman–Crippen MR) is 154 cm³/mol. The molecule has 2 aromatic rings. The van der Waals surface area contributed by atoms with Crippen molar-refractivity contribution in [2.24, 2.45) is 40.4 Å². The molecule has 3 saturated carbocycles. The SMILES string of the molecule is CC(COC(c1ccccc1)c1ccccc1)[C@H]1CC[C@H]2[C@@H]3CC[C@H]4N(C)C(=O)CC[C@]4(C)[C@H]3CC[C@]12C. The molecule has 1 aliphatic heterocycles. The molecule has 0 N–H and O–H groups in total. The van der Waals surface area contributed by atoms with Crippen molar-refractivity contribution in [2.75, 3.05) is 13.7 Å². The molecule has 3 aliphatic carbocycles. The molecule has 3 nitrogen and oxygen atoms in total. The first-order valence-electron chi connectivity index (χ1n) is 15.3. The molecule has 0 radical (unpaired) electrons. The van der Waals surface area contributed by atoms with Crippen molar-refractivity contribution in [1.29, 1.82) is 0 Å². The number of carbonyl (C=O) groups is 1. The van der Waals surface area contributed by atoms with Gasteiger partial charge in [0.15, 0.2) is 0 Å². The molecule has 1 heterocycles. The van der Waals surface area contributed by atoms with Gasteiger partial charge in [-0.2, -0.15) is 0 Å². The summed E-state index contributed by atoms with van der Waals surface area (Å²) in [5.74, 6) is 4.07. The minimum Gasteiger partial charge on any atom is -0.369 e. The smallest absolute Gasteiger partial charge is 0.222 e. The number of piperidine rings is 1. The van der Waals surface area contributed by atoms with Crippen molar-refractivity contribution < 1.29 is 9.53 Å². The number of rotatable bonds is 6. The highest BCUT2D eigenvalue weighted by Crippen LogP contribution is 2.67. The van der Waals surface area contributed by atoms with Crippen LogP contribution in [0.5, 0.6) is 0 Å². The van der Waals surface area contributed by atoms with Crippen molar-refractivity contribution in [3.05, 3.63) is 71.8 Å². The van der Waals surface area contributed by atoms with Gasteiger partial charge in [-0.25, -0.2) is 0 Å². The highest BCUT2D eigenvalue weighted by Gasteiger charge is 2.61. The van der Waals surface area contributed by atoms with Crippen LogP contribution in [0, 0.1) is 40.4 Å². The molecule has 1 amide bonds. The summed E-state index contributed by atoms with van der Waals surface area (Å²) in [6, 6.07) is 21.9. The molecule has 8 atom stereocenters. The van der Waals surface area contributed by atoms with Crippen molar-refractivity contribution in [3.8, 4) is 0 Å². The number of carbonyl (C=O) groups excluding carboxylic acids is 1. The first kappa shape index (κ1) is 26.1. The van der Waals surface area contributed by atoms with Crippen molar-refractivity contribution in [1.82, 2.24) is 4.90 Å². The molecule has 0 bridgehead atoms. The van der Waals surface area contributed by atoms with Gasteiger partial charge < -0.3 is 9.64 Å². The van der Waals surface area contributed by atoms with Crippen LogP contribution in [0.2, 0.25) is 0 Å². The van der Waals surface area contributed by atoms with Gasteiger partial charge in [0.05, 0.1) is 6.61 Å². The Morgan fingerprint density at radius 1 is 0.842 bits per heavy atom. The maximum Gasteiger partial charge on any atom is 0.222 e. The molecule has 38 heavy (non-hydrogen) atoms. The van der Waals surface area contributed by atoms with Crippen LogP contribution < -0.4 is 0 Å². The zero-order valence-electron chi connectivity index (χ0n) is 23.9. The minimum absolute atomic E-state index is 0.0122. The Labute approximate surface area is 230 Å². The van der Waals surface area contributed by atoms with Crippen LogP contribution in [-0.4, -0.2) is 30.5 Å². The lowest BCUT2D eigenvalue weighted by molar-refractivity contribution is -0.159. The zero-order valence-corrected chi connectivity index (χ0v) is 23.9. The van der Waals surface area contributed by atoms with Crippen LogP contribution in [0.4, 0.5) is 0 Å².